The van der Waals surface area contributed by atoms with Crippen molar-refractivity contribution in [3.8, 4) is 0 Å². The molecule has 212 valence electrons. The van der Waals surface area contributed by atoms with Gasteiger partial charge in [0.05, 0.1) is 12.2 Å². The monoisotopic (exact) mass is 555 g/mol. The normalized spacial score (nSPS) is 11.0. The third kappa shape index (κ3) is 6.92. The van der Waals surface area contributed by atoms with Gasteiger partial charge in [0, 0.05) is 20.1 Å². The minimum atomic E-state index is -1.57. The molecule has 12 heteroatoms. The summed E-state index contributed by atoms with van der Waals surface area (Å²) in [5.41, 5.74) is 2.25. The molecule has 4 rings (SSSR count). The number of aromatic nitrogens is 2. The van der Waals surface area contributed by atoms with Crippen molar-refractivity contribution in [1.82, 2.24) is 25.7 Å². The molecule has 3 aromatic carbocycles. The highest BCUT2D eigenvalue weighted by molar-refractivity contribution is 5.92. The van der Waals surface area contributed by atoms with E-state index in [1.807, 2.05) is 102 Å². The van der Waals surface area contributed by atoms with Gasteiger partial charge in [-0.2, -0.15) is 5.10 Å². The zero-order valence-electron chi connectivity index (χ0n) is 22.2. The SMILES string of the molecule is Cn1ncc(NC(=O)NC(CNC(=O)[O-])CNC(=O)[O-])c1NC(c1ccccc1)(c1ccccc1)c1ccccc1. The predicted octanol–water partition coefficient (Wildman–Crippen LogP) is 1.18. The molecular weight excluding hydrogens is 526 g/mol. The number of nitrogens with one attached hydrogen (secondary N) is 5. The molecule has 0 fully saturated rings. The number of carbonyl (C=O) groups excluding carboxylic acids is 3. The van der Waals surface area contributed by atoms with Crippen LogP contribution in [0.3, 0.4) is 0 Å². The smallest absolute Gasteiger partial charge is 0.319 e. The maximum absolute atomic E-state index is 13.0. The fraction of sp³-hybridized carbons (Fsp3) is 0.172. The highest BCUT2D eigenvalue weighted by Crippen LogP contribution is 2.41. The van der Waals surface area contributed by atoms with Gasteiger partial charge in [-0.25, -0.2) is 4.79 Å². The van der Waals surface area contributed by atoms with Crippen molar-refractivity contribution in [2.24, 2.45) is 7.05 Å². The third-order valence-corrected chi connectivity index (χ3v) is 6.43. The van der Waals surface area contributed by atoms with Crippen LogP contribution in [0, 0.1) is 0 Å². The average molecular weight is 556 g/mol. The number of benzene rings is 3. The Morgan fingerprint density at radius 1 is 0.780 bits per heavy atom. The molecule has 0 radical (unpaired) electrons. The second kappa shape index (κ2) is 13.0. The first-order valence-corrected chi connectivity index (χ1v) is 12.7. The summed E-state index contributed by atoms with van der Waals surface area (Å²) in [5.74, 6) is 0.481. The summed E-state index contributed by atoms with van der Waals surface area (Å²) < 4.78 is 1.59. The van der Waals surface area contributed by atoms with Crippen LogP contribution in [-0.4, -0.2) is 47.1 Å². The van der Waals surface area contributed by atoms with Crippen LogP contribution in [0.1, 0.15) is 16.7 Å². The van der Waals surface area contributed by atoms with Crippen LogP contribution < -0.4 is 36.8 Å². The van der Waals surface area contributed by atoms with E-state index < -0.39 is 29.8 Å². The maximum Gasteiger partial charge on any atom is 0.319 e. The van der Waals surface area contributed by atoms with Crippen LogP contribution in [-0.2, 0) is 12.6 Å². The number of aryl methyl sites for hydroxylation is 1. The van der Waals surface area contributed by atoms with E-state index in [1.54, 1.807) is 11.7 Å². The molecule has 41 heavy (non-hydrogen) atoms. The van der Waals surface area contributed by atoms with Crippen LogP contribution in [0.15, 0.2) is 97.2 Å². The molecule has 0 atom stereocenters. The van der Waals surface area contributed by atoms with E-state index in [2.05, 4.69) is 21.0 Å². The highest BCUT2D eigenvalue weighted by Gasteiger charge is 2.38. The van der Waals surface area contributed by atoms with Crippen molar-refractivity contribution >= 4 is 29.7 Å². The predicted molar refractivity (Wildman–Crippen MR) is 149 cm³/mol. The molecular formula is C29H29N7O5-2. The van der Waals surface area contributed by atoms with Gasteiger partial charge < -0.3 is 46.4 Å². The van der Waals surface area contributed by atoms with E-state index in [4.69, 9.17) is 0 Å². The molecule has 4 aromatic rings. The first-order valence-electron chi connectivity index (χ1n) is 12.7. The van der Waals surface area contributed by atoms with Crippen molar-refractivity contribution in [1.29, 1.82) is 0 Å². The van der Waals surface area contributed by atoms with Crippen molar-refractivity contribution in [2.45, 2.75) is 11.6 Å². The van der Waals surface area contributed by atoms with Gasteiger partial charge in [-0.3, -0.25) is 4.68 Å². The number of hydrogen-bond acceptors (Lipinski definition) is 7. The topological polar surface area (TPSA) is 175 Å². The number of carboxylic acid groups (broad SMARTS) is 2. The first-order chi connectivity index (χ1) is 19.8. The molecule has 0 saturated carbocycles. The molecule has 1 heterocycles. The Morgan fingerprint density at radius 2 is 1.22 bits per heavy atom. The number of amides is 4. The molecule has 0 unspecified atom stereocenters. The van der Waals surface area contributed by atoms with Crippen LogP contribution in [0.2, 0.25) is 0 Å². The van der Waals surface area contributed by atoms with Gasteiger partial charge in [0.25, 0.3) is 0 Å². The van der Waals surface area contributed by atoms with Gasteiger partial charge in [0.15, 0.2) is 0 Å². The van der Waals surface area contributed by atoms with Gasteiger partial charge >= 0.3 is 6.03 Å². The largest absolute Gasteiger partial charge is 0.530 e. The lowest BCUT2D eigenvalue weighted by Crippen LogP contribution is -2.54. The number of nitrogens with zero attached hydrogens (tertiary/aromatic N) is 2. The average Bonchev–Trinajstić information content (AvgIpc) is 3.32. The number of urea groups is 1. The Kier molecular flexibility index (Phi) is 9.05. The van der Waals surface area contributed by atoms with Crippen molar-refractivity contribution in [3.05, 3.63) is 114 Å². The maximum atomic E-state index is 13.0. The molecule has 0 aliphatic rings. The van der Waals surface area contributed by atoms with E-state index in [-0.39, 0.29) is 13.1 Å². The highest BCUT2D eigenvalue weighted by atomic mass is 16.4. The molecule has 0 bridgehead atoms. The number of anilines is 2. The fourth-order valence-electron chi connectivity index (χ4n) is 4.57. The molecule has 12 nitrogen and oxygen atoms in total. The molecule has 0 aliphatic heterocycles. The van der Waals surface area contributed by atoms with Gasteiger partial charge in [0.1, 0.15) is 29.2 Å². The second-order valence-electron chi connectivity index (χ2n) is 9.14. The summed E-state index contributed by atoms with van der Waals surface area (Å²) in [5, 5.41) is 39.0. The van der Waals surface area contributed by atoms with E-state index in [1.165, 1.54) is 6.20 Å². The molecule has 0 saturated heterocycles. The quantitative estimate of drug-likeness (QED) is 0.173. The summed E-state index contributed by atoms with van der Waals surface area (Å²) in [6.45, 7) is -0.597. The summed E-state index contributed by atoms with van der Waals surface area (Å²) in [6.07, 6.45) is -1.66. The summed E-state index contributed by atoms with van der Waals surface area (Å²) >= 11 is 0. The number of rotatable bonds is 11. The Hall–Kier alpha value is -5.52. The zero-order chi connectivity index (χ0) is 29.2. The van der Waals surface area contributed by atoms with Crippen LogP contribution in [0.4, 0.5) is 25.9 Å². The van der Waals surface area contributed by atoms with Gasteiger partial charge in [-0.05, 0) is 16.7 Å². The van der Waals surface area contributed by atoms with Crippen LogP contribution in [0.5, 0.6) is 0 Å². The minimum Gasteiger partial charge on any atom is -0.530 e. The fourth-order valence-corrected chi connectivity index (χ4v) is 4.57. The Bertz CT molecular complexity index is 1350. The number of hydrogen-bond donors (Lipinski definition) is 5. The Morgan fingerprint density at radius 3 is 1.63 bits per heavy atom. The summed E-state index contributed by atoms with van der Waals surface area (Å²) in [4.78, 5) is 34.6. The van der Waals surface area contributed by atoms with Gasteiger partial charge in [0.2, 0.25) is 0 Å². The molecule has 0 aliphatic carbocycles. The van der Waals surface area contributed by atoms with E-state index in [9.17, 15) is 24.6 Å². The second-order valence-corrected chi connectivity index (χ2v) is 9.14. The van der Waals surface area contributed by atoms with E-state index in [0.29, 0.717) is 11.5 Å². The third-order valence-electron chi connectivity index (χ3n) is 6.43. The van der Waals surface area contributed by atoms with Crippen molar-refractivity contribution in [3.63, 3.8) is 0 Å². The lowest BCUT2D eigenvalue weighted by atomic mass is 9.77. The lowest BCUT2D eigenvalue weighted by Gasteiger charge is -2.38. The van der Waals surface area contributed by atoms with Crippen molar-refractivity contribution < 1.29 is 24.6 Å². The molecule has 4 amide bonds. The molecule has 0 spiro atoms. The van der Waals surface area contributed by atoms with Crippen LogP contribution >= 0.6 is 0 Å². The lowest BCUT2D eigenvalue weighted by molar-refractivity contribution is -0.251. The van der Waals surface area contributed by atoms with Gasteiger partial charge in [-0.1, -0.05) is 91.0 Å². The van der Waals surface area contributed by atoms with Crippen LogP contribution in [0.25, 0.3) is 0 Å². The van der Waals surface area contributed by atoms with Crippen molar-refractivity contribution in [2.75, 3.05) is 23.7 Å². The van der Waals surface area contributed by atoms with E-state index in [0.717, 1.165) is 16.7 Å². The zero-order valence-corrected chi connectivity index (χ0v) is 22.2. The van der Waals surface area contributed by atoms with E-state index >= 15 is 0 Å². The molecule has 1 aromatic heterocycles. The minimum absolute atomic E-state index is 0.298. The molecule has 5 N–H and O–H groups in total. The number of carbonyl (C=O) groups is 3. The first kappa shape index (κ1) is 28.5. The Balaban J connectivity index is 1.70. The summed E-state index contributed by atoms with van der Waals surface area (Å²) in [7, 11) is 1.73. The Labute approximate surface area is 236 Å². The standard InChI is InChI=1S/C29H31N7O5/c1-36-25(24(19-32-36)34-26(37)33-23(17-30-27(38)39)18-31-28(40)41)35-29(20-11-5-2-6-12-20,21-13-7-3-8-14-21)22-15-9-4-10-16-22/h2-16,19,23,30-31,35H,17-18H2,1H3,(H,38,39)(H,40,41)(H2,33,34,37)/p-2. The summed E-state index contributed by atoms with van der Waals surface area (Å²) in [6, 6.07) is 28.0. The van der Waals surface area contributed by atoms with Gasteiger partial charge in [-0.15, -0.1) is 0 Å².